The van der Waals surface area contributed by atoms with Gasteiger partial charge in [0, 0.05) is 4.91 Å². The Labute approximate surface area is 795 Å². The van der Waals surface area contributed by atoms with Crippen LogP contribution >= 0.6 is 16.9 Å². The van der Waals surface area contributed by atoms with Gasteiger partial charge in [-0.25, -0.2) is 0 Å². The molecule has 5 saturated heterocycles. The Balaban J connectivity index is 0.880. The fourth-order valence-corrected chi connectivity index (χ4v) is 37.1. The molecule has 0 radical (unpaired) electrons. The number of nitrogens with zero attached hydrogens (tertiary/aromatic N) is 9. The van der Waals surface area contributed by atoms with Crippen LogP contribution in [-0.4, -0.2) is 230 Å². The monoisotopic (exact) mass is 1910 g/mol. The van der Waals surface area contributed by atoms with Gasteiger partial charge in [-0.3, -0.25) is 0 Å². The molecule has 28 nitrogen and oxygen atoms in total. The average molecular weight is 1910 g/mol. The van der Waals surface area contributed by atoms with E-state index in [4.69, 9.17) is 65.4 Å². The van der Waals surface area contributed by atoms with Crippen molar-refractivity contribution >= 4 is 107 Å². The van der Waals surface area contributed by atoms with E-state index in [1.807, 2.05) is 167 Å². The summed E-state index contributed by atoms with van der Waals surface area (Å²) in [7, 11) is -8.57. The molecule has 0 spiro atoms. The number of hydrogen-bond donors (Lipinski definition) is 2. The van der Waals surface area contributed by atoms with Gasteiger partial charge in [0.05, 0.1) is 6.61 Å². The first-order valence-electron chi connectivity index (χ1n) is 46.3. The third-order valence-corrected chi connectivity index (χ3v) is 45.4. The molecule has 5 heterocycles. The number of aliphatic hydroxyl groups is 2. The number of rotatable bonds is 39. The molecule has 0 bridgehead atoms. The Morgan fingerprint density at radius 1 is 0.388 bits per heavy atom. The number of aliphatic hydroxyl groups excluding tert-OH is 2. The summed E-state index contributed by atoms with van der Waals surface area (Å²) in [4.78, 5) is 25.3. The van der Waals surface area contributed by atoms with Gasteiger partial charge >= 0.3 is 601 Å². The summed E-state index contributed by atoms with van der Waals surface area (Å²) in [6.45, 7) is 27.6. The number of carbonyl (C=O) groups is 1. The molecule has 8 aromatic rings. The third kappa shape index (κ3) is 22.7. The van der Waals surface area contributed by atoms with Crippen LogP contribution in [0.4, 0.5) is 0 Å². The fraction of sp³-hybridized carbons (Fsp3) is 0.495. The van der Waals surface area contributed by atoms with Crippen LogP contribution in [0.25, 0.3) is 31.3 Å². The van der Waals surface area contributed by atoms with Gasteiger partial charge in [0.15, 0.2) is 0 Å². The number of carbonyl (C=O) groups excluding carboxylic acids is 1. The van der Waals surface area contributed by atoms with Gasteiger partial charge in [-0.1, -0.05) is 130 Å². The molecule has 13 unspecified atom stereocenters. The summed E-state index contributed by atoms with van der Waals surface area (Å²) in [5, 5.41) is 42.0. The van der Waals surface area contributed by atoms with Crippen molar-refractivity contribution in [2.45, 2.75) is 247 Å². The van der Waals surface area contributed by atoms with E-state index < -0.39 is 205 Å². The van der Waals surface area contributed by atoms with Crippen LogP contribution in [0.5, 0.6) is 0 Å². The SMILES string of the molecule is CC1[C@H](O[C@@H]2C(CO[Si](c3ccccc3)(c3ccccc3)C(C)(C)C)O[C@@H](C)C(N=[N+]=[N-])[C@H]2PBB=O)OC(CO)C(O[C@@H]2OC(CO[Si](c3ccccc3)(c3ccccc3)C(C)(C)C)[C@@H](O[C@@H]3OC(CO)[C@@H](O[C@@H]4OC(CO[Si](c5ccccc5)(c5ccccc5)C(C)(C)C)[C@@H](C)[C@H](PBB=O)C4N=[N+]=[N-])[C@H](C)C3OC(=O)c3ccccc3)[C@H](C)C2N=[N+]=[N-])[C@H]1OCc1ccccc1. The Morgan fingerprint density at radius 3 is 1.16 bits per heavy atom. The zero-order chi connectivity index (χ0) is 95.5. The normalized spacial score (nSPS) is 29.4. The van der Waals surface area contributed by atoms with Crippen molar-refractivity contribution in [1.29, 1.82) is 0 Å². The van der Waals surface area contributed by atoms with E-state index in [-0.39, 0.29) is 68.6 Å². The predicted octanol–water partition coefficient (Wildman–Crippen LogP) is 13.0. The molecule has 27 atom stereocenters. The second kappa shape index (κ2) is 47.1. The second-order valence-electron chi connectivity index (χ2n) is 38.5. The summed E-state index contributed by atoms with van der Waals surface area (Å²) in [5.41, 5.74) is 31.8. The van der Waals surface area contributed by atoms with Crippen molar-refractivity contribution in [3.8, 4) is 0 Å². The van der Waals surface area contributed by atoms with Crippen molar-refractivity contribution in [1.82, 2.24) is 0 Å². The van der Waals surface area contributed by atoms with E-state index >= 15 is 4.79 Å². The van der Waals surface area contributed by atoms with E-state index in [9.17, 15) is 36.2 Å². The summed E-state index contributed by atoms with van der Waals surface area (Å²) >= 11 is 0. The van der Waals surface area contributed by atoms with Gasteiger partial charge in [0.25, 0.3) is 8.32 Å². The number of benzene rings is 8. The first-order chi connectivity index (χ1) is 64.6. The number of azide groups is 3. The molecule has 5 fully saturated rings. The maximum atomic E-state index is 15.1. The first kappa shape index (κ1) is 103. The number of ether oxygens (including phenoxy) is 11. The van der Waals surface area contributed by atoms with Crippen LogP contribution < -0.4 is 31.1 Å². The van der Waals surface area contributed by atoms with Crippen LogP contribution in [0.3, 0.4) is 0 Å². The molecular formula is C97H125B4N9O19P2Si3. The molecule has 0 aromatic heterocycles. The smallest absolute Gasteiger partial charge is 0.0622 e. The molecule has 8 aromatic carbocycles. The number of esters is 1. The summed E-state index contributed by atoms with van der Waals surface area (Å²) in [5.74, 6) is -3.89. The van der Waals surface area contributed by atoms with Gasteiger partial charge in [0.2, 0.25) is 0 Å². The van der Waals surface area contributed by atoms with Crippen molar-refractivity contribution in [3.63, 3.8) is 0 Å². The molecule has 37 heteroatoms. The molecular weight excluding hydrogens is 1780 g/mol. The maximum absolute atomic E-state index is 15.1. The van der Waals surface area contributed by atoms with Crippen molar-refractivity contribution in [3.05, 3.63) is 285 Å². The molecule has 0 aliphatic carbocycles. The van der Waals surface area contributed by atoms with Crippen LogP contribution in [0, 0.1) is 23.7 Å². The van der Waals surface area contributed by atoms with E-state index in [0.717, 1.165) is 50.8 Å². The van der Waals surface area contributed by atoms with Crippen LogP contribution in [-0.2, 0) is 81.4 Å². The summed E-state index contributed by atoms with van der Waals surface area (Å²) in [6, 6.07) is 75.7. The van der Waals surface area contributed by atoms with E-state index in [0.29, 0.717) is 0 Å². The molecule has 13 rings (SSSR count). The van der Waals surface area contributed by atoms with Gasteiger partial charge in [-0.15, -0.1) is 0 Å². The standard InChI is InChI=1S/C97H125B4N9O19P2Si3/c1-61-76(58-117-132(95(6,7)8,68-43-27-17-28-44-68)69-45-29-18-30-46-69)123-93(81(107-110-104)88(61)130-100-98-114)126-83-63(3)85(125-90(113)67-41-25-16-26-42-67)94(122-74(83)55-111)127-82-62(2)79(105-108-102)92(124-77(82)59-118-133(96(9,10)11,70-47-31-19-32-48-70)71-49-33-20-34-50-71)128-86-75(56-112)121-91(64(4)84(86)116-57-66-39-23-15-24-40-66)129-87-78(120-65(5)80(106-109-103)89(87)131-101-99-115)60-119-134(97(12,13)14,72-51-35-21-36-52-72)73-53-37-22-38-54-73/h15-54,61-65,74-89,91-94,100-101,111-112,130-131H,55-60H2,1-14H3/t61-,62-,63+,64?,65+,74?,75?,76?,77?,78?,79?,80?,81?,82+,83+,84+,85?,86?,87-,88+,89-,91+,92+,93+,94+/m1/s1. The Morgan fingerprint density at radius 2 is 0.731 bits per heavy atom. The van der Waals surface area contributed by atoms with Crippen molar-refractivity contribution in [2.24, 2.45) is 39.0 Å². The van der Waals surface area contributed by atoms with Gasteiger partial charge < -0.3 is 4.43 Å². The van der Waals surface area contributed by atoms with Gasteiger partial charge in [-0.05, 0) is 39.0 Å². The van der Waals surface area contributed by atoms with E-state index in [1.54, 1.807) is 37.3 Å². The van der Waals surface area contributed by atoms with Gasteiger partial charge in [-0.2, -0.15) is 0 Å². The topological polar surface area (TPSA) is 367 Å². The Bertz CT molecular complexity index is 5110. The number of hydrogen-bond acceptors (Lipinski definition) is 22. The second-order valence-corrected chi connectivity index (χ2v) is 54.3. The fourth-order valence-electron chi connectivity index (χ4n) is 20.5. The molecule has 5 aliphatic heterocycles. The summed E-state index contributed by atoms with van der Waals surface area (Å²) in [6.07, 6.45) is -19.1. The predicted molar refractivity (Wildman–Crippen MR) is 531 cm³/mol. The molecule has 0 saturated carbocycles. The minimum absolute atomic E-state index is 0.00564. The van der Waals surface area contributed by atoms with Crippen LogP contribution in [0.15, 0.2) is 258 Å². The minimum atomic E-state index is -3.56. The molecule has 5 aliphatic rings. The average Bonchev–Trinajstić information content (AvgIpc) is 0.746. The molecule has 706 valence electrons. The molecule has 2 N–H and O–H groups in total. The zero-order valence-electron chi connectivity index (χ0n) is 78.7. The molecule has 134 heavy (non-hydrogen) atoms. The van der Waals surface area contributed by atoms with Gasteiger partial charge in [0.1, 0.15) is 6.10 Å². The molecule has 0 amide bonds. The summed E-state index contributed by atoms with van der Waals surface area (Å²) < 4.78 is 128. The Hall–Kier alpha value is -8.07. The van der Waals surface area contributed by atoms with Crippen LogP contribution in [0.1, 0.15) is 113 Å². The third-order valence-electron chi connectivity index (χ3n) is 27.1. The zero-order valence-corrected chi connectivity index (χ0v) is 83.7. The van der Waals surface area contributed by atoms with Crippen molar-refractivity contribution < 1.29 is 89.8 Å². The Kier molecular flexibility index (Phi) is 36.3. The quantitative estimate of drug-likeness (QED) is 0.00902. The first-order valence-corrected chi connectivity index (χ1v) is 54.6. The minimum Gasteiger partial charge on any atom is -0.0622 e. The van der Waals surface area contributed by atoms with Crippen LogP contribution in [0.2, 0.25) is 15.1 Å². The van der Waals surface area contributed by atoms with Crippen molar-refractivity contribution in [2.75, 3.05) is 33.0 Å². The van der Waals surface area contributed by atoms with E-state index in [2.05, 4.69) is 165 Å². The van der Waals surface area contributed by atoms with E-state index in [1.165, 1.54) is 0 Å².